The van der Waals surface area contributed by atoms with Gasteiger partial charge < -0.3 is 9.74 Å². The van der Waals surface area contributed by atoms with Crippen molar-refractivity contribution in [2.75, 3.05) is 26.2 Å². The average molecular weight is 459 g/mol. The molecule has 0 N–H and O–H groups in total. The van der Waals surface area contributed by atoms with Crippen molar-refractivity contribution in [3.05, 3.63) is 58.4 Å². The van der Waals surface area contributed by atoms with Crippen molar-refractivity contribution in [2.45, 2.75) is 20.3 Å². The lowest BCUT2D eigenvalue weighted by atomic mass is 10.2. The number of rotatable bonds is 9. The van der Waals surface area contributed by atoms with E-state index in [9.17, 15) is 14.5 Å². The van der Waals surface area contributed by atoms with E-state index in [0.717, 1.165) is 26.1 Å². The van der Waals surface area contributed by atoms with Gasteiger partial charge in [-0.2, -0.15) is 4.73 Å². The predicted molar refractivity (Wildman–Crippen MR) is 120 cm³/mol. The van der Waals surface area contributed by atoms with Crippen molar-refractivity contribution in [3.8, 4) is 11.4 Å². The number of benzene rings is 2. The molecule has 0 aliphatic carbocycles. The number of halogens is 3. The number of hydrogen-bond donors (Lipinski definition) is 0. The molecule has 0 bridgehead atoms. The topological polar surface area (TPSA) is 73.4 Å². The van der Waals surface area contributed by atoms with Crippen LogP contribution >= 0.6 is 24.8 Å². The SMILES string of the molecule is CCN(CC)CCCOn1c(-c2ccc(F)cc2)nc2ccc([N+](=O)[O-])cc21.Cl.Cl. The van der Waals surface area contributed by atoms with Crippen LogP contribution in [0, 0.1) is 15.9 Å². The molecule has 0 fully saturated rings. The summed E-state index contributed by atoms with van der Waals surface area (Å²) in [5.41, 5.74) is 1.72. The van der Waals surface area contributed by atoms with Gasteiger partial charge in [0, 0.05) is 24.2 Å². The fourth-order valence-electron chi connectivity index (χ4n) is 3.05. The van der Waals surface area contributed by atoms with Crippen LogP contribution in [0.5, 0.6) is 0 Å². The molecule has 3 aromatic rings. The van der Waals surface area contributed by atoms with Crippen molar-refractivity contribution in [1.29, 1.82) is 0 Å². The summed E-state index contributed by atoms with van der Waals surface area (Å²) in [7, 11) is 0. The molecule has 2 aromatic carbocycles. The van der Waals surface area contributed by atoms with Crippen LogP contribution in [0.4, 0.5) is 10.1 Å². The number of hydrogen-bond acceptors (Lipinski definition) is 5. The van der Waals surface area contributed by atoms with Gasteiger partial charge in [0.1, 0.15) is 17.9 Å². The van der Waals surface area contributed by atoms with Crippen LogP contribution in [-0.4, -0.2) is 45.8 Å². The third-order valence-corrected chi connectivity index (χ3v) is 4.64. The van der Waals surface area contributed by atoms with Crippen LogP contribution in [0.3, 0.4) is 0 Å². The Morgan fingerprint density at radius 1 is 1.13 bits per heavy atom. The number of non-ortho nitro benzene ring substituents is 1. The first-order valence-corrected chi connectivity index (χ1v) is 9.32. The molecule has 0 atom stereocenters. The van der Waals surface area contributed by atoms with Crippen molar-refractivity contribution >= 4 is 41.5 Å². The highest BCUT2D eigenvalue weighted by atomic mass is 35.5. The highest BCUT2D eigenvalue weighted by Gasteiger charge is 2.17. The third-order valence-electron chi connectivity index (χ3n) is 4.64. The smallest absolute Gasteiger partial charge is 0.271 e. The second-order valence-electron chi connectivity index (χ2n) is 6.38. The van der Waals surface area contributed by atoms with Crippen molar-refractivity contribution in [2.24, 2.45) is 0 Å². The zero-order valence-electron chi connectivity index (χ0n) is 16.8. The molecule has 0 saturated heterocycles. The van der Waals surface area contributed by atoms with Gasteiger partial charge in [-0.25, -0.2) is 9.37 Å². The van der Waals surface area contributed by atoms with Gasteiger partial charge in [-0.3, -0.25) is 10.1 Å². The van der Waals surface area contributed by atoms with E-state index in [1.807, 2.05) is 0 Å². The highest BCUT2D eigenvalue weighted by molar-refractivity contribution is 5.85. The maximum atomic E-state index is 13.3. The van der Waals surface area contributed by atoms with E-state index in [-0.39, 0.29) is 36.3 Å². The van der Waals surface area contributed by atoms with Crippen molar-refractivity contribution in [3.63, 3.8) is 0 Å². The Balaban J connectivity index is 0.00000225. The maximum absolute atomic E-state index is 13.3. The first kappa shape index (κ1) is 25.6. The molecule has 0 radical (unpaired) electrons. The fourth-order valence-corrected chi connectivity index (χ4v) is 3.05. The Hall–Kier alpha value is -2.42. The van der Waals surface area contributed by atoms with E-state index >= 15 is 0 Å². The molecule has 0 amide bonds. The molecule has 0 aliphatic heterocycles. The summed E-state index contributed by atoms with van der Waals surface area (Å²) in [5, 5.41) is 11.2. The van der Waals surface area contributed by atoms with Crippen molar-refractivity contribution in [1.82, 2.24) is 14.6 Å². The maximum Gasteiger partial charge on any atom is 0.271 e. The van der Waals surface area contributed by atoms with E-state index in [0.29, 0.717) is 29.0 Å². The van der Waals surface area contributed by atoms with E-state index < -0.39 is 4.92 Å². The summed E-state index contributed by atoms with van der Waals surface area (Å²) < 4.78 is 14.8. The number of nitro benzene ring substituents is 1. The number of fused-ring (bicyclic) bond motifs is 1. The van der Waals surface area contributed by atoms with Crippen LogP contribution in [0.2, 0.25) is 0 Å². The van der Waals surface area contributed by atoms with Gasteiger partial charge in [0.15, 0.2) is 5.82 Å². The summed E-state index contributed by atoms with van der Waals surface area (Å²) in [6.45, 7) is 7.48. The summed E-state index contributed by atoms with van der Waals surface area (Å²) in [6.07, 6.45) is 0.805. The molecule has 0 spiro atoms. The largest absolute Gasteiger partial charge is 0.412 e. The Labute approximate surface area is 186 Å². The summed E-state index contributed by atoms with van der Waals surface area (Å²) in [6, 6.07) is 10.4. The van der Waals surface area contributed by atoms with Gasteiger partial charge in [-0.1, -0.05) is 13.8 Å². The van der Waals surface area contributed by atoms with E-state index in [2.05, 4.69) is 23.7 Å². The lowest BCUT2D eigenvalue weighted by Crippen LogP contribution is -2.26. The normalized spacial score (nSPS) is 10.5. The lowest BCUT2D eigenvalue weighted by Gasteiger charge is -2.18. The Morgan fingerprint density at radius 2 is 1.80 bits per heavy atom. The van der Waals surface area contributed by atoms with Crippen LogP contribution in [0.15, 0.2) is 42.5 Å². The standard InChI is InChI=1S/C20H23FN4O3.2ClH/c1-3-23(4-2)12-5-13-28-24-19-14-17(25(26)27)10-11-18(19)22-20(24)15-6-8-16(21)9-7-15;;/h6-11,14H,3-5,12-13H2,1-2H3;2*1H. The second-order valence-corrected chi connectivity index (χ2v) is 6.38. The predicted octanol–water partition coefficient (Wildman–Crippen LogP) is 4.75. The van der Waals surface area contributed by atoms with Gasteiger partial charge in [0.05, 0.1) is 10.4 Å². The Morgan fingerprint density at radius 3 is 2.40 bits per heavy atom. The van der Waals surface area contributed by atoms with E-state index in [1.54, 1.807) is 18.2 Å². The third kappa shape index (κ3) is 5.81. The molecular formula is C20H25Cl2FN4O3. The van der Waals surface area contributed by atoms with Gasteiger partial charge in [0.2, 0.25) is 0 Å². The number of nitro groups is 1. The molecule has 0 aliphatic rings. The molecule has 10 heteroatoms. The van der Waals surface area contributed by atoms with Crippen LogP contribution in [-0.2, 0) is 0 Å². The summed E-state index contributed by atoms with van der Waals surface area (Å²) in [5.74, 6) is 0.139. The first-order chi connectivity index (χ1) is 13.5. The minimum Gasteiger partial charge on any atom is -0.412 e. The highest BCUT2D eigenvalue weighted by Crippen LogP contribution is 2.27. The minimum atomic E-state index is -0.450. The monoisotopic (exact) mass is 458 g/mol. The minimum absolute atomic E-state index is 0. The Bertz CT molecular complexity index is 963. The van der Waals surface area contributed by atoms with Gasteiger partial charge in [0.25, 0.3) is 5.69 Å². The molecule has 3 rings (SSSR count). The molecule has 1 aromatic heterocycles. The zero-order chi connectivity index (χ0) is 20.1. The number of nitrogens with zero attached hydrogens (tertiary/aromatic N) is 4. The molecular weight excluding hydrogens is 434 g/mol. The molecule has 0 unspecified atom stereocenters. The van der Waals surface area contributed by atoms with Gasteiger partial charge in [-0.15, -0.1) is 24.8 Å². The lowest BCUT2D eigenvalue weighted by molar-refractivity contribution is -0.384. The van der Waals surface area contributed by atoms with E-state index in [4.69, 9.17) is 4.84 Å². The Kier molecular flexibility index (Phi) is 9.98. The van der Waals surface area contributed by atoms with Crippen LogP contribution < -0.4 is 4.84 Å². The summed E-state index contributed by atoms with van der Waals surface area (Å²) >= 11 is 0. The second kappa shape index (κ2) is 11.7. The molecule has 164 valence electrons. The first-order valence-electron chi connectivity index (χ1n) is 9.32. The molecule has 1 heterocycles. The molecule has 0 saturated carbocycles. The van der Waals surface area contributed by atoms with Crippen LogP contribution in [0.1, 0.15) is 20.3 Å². The average Bonchev–Trinajstić information content (AvgIpc) is 3.06. The fraction of sp³-hybridized carbons (Fsp3) is 0.350. The van der Waals surface area contributed by atoms with Crippen LogP contribution in [0.25, 0.3) is 22.4 Å². The zero-order valence-corrected chi connectivity index (χ0v) is 18.4. The van der Waals surface area contributed by atoms with E-state index in [1.165, 1.54) is 29.0 Å². The number of aromatic nitrogens is 2. The van der Waals surface area contributed by atoms with Gasteiger partial charge in [-0.05, 0) is 49.8 Å². The molecule has 7 nitrogen and oxygen atoms in total. The van der Waals surface area contributed by atoms with Gasteiger partial charge >= 0.3 is 0 Å². The van der Waals surface area contributed by atoms with Crippen molar-refractivity contribution < 1.29 is 14.2 Å². The molecule has 30 heavy (non-hydrogen) atoms. The quantitative estimate of drug-likeness (QED) is 0.262. The summed E-state index contributed by atoms with van der Waals surface area (Å²) in [4.78, 5) is 23.5. The number of imidazole rings is 1.